The van der Waals surface area contributed by atoms with Gasteiger partial charge in [0.15, 0.2) is 17.4 Å². The first-order chi connectivity index (χ1) is 10.6. The van der Waals surface area contributed by atoms with E-state index < -0.39 is 28.7 Å². The van der Waals surface area contributed by atoms with Crippen molar-refractivity contribution >= 4 is 5.78 Å². The highest BCUT2D eigenvalue weighted by Gasteiger charge is 2.70. The van der Waals surface area contributed by atoms with E-state index in [9.17, 15) is 9.90 Å². The van der Waals surface area contributed by atoms with Gasteiger partial charge in [-0.3, -0.25) is 4.79 Å². The van der Waals surface area contributed by atoms with E-state index in [1.807, 2.05) is 20.8 Å². The van der Waals surface area contributed by atoms with Crippen LogP contribution >= 0.6 is 0 Å². The number of rotatable bonds is 0. The maximum absolute atomic E-state index is 12.4. The zero-order valence-electron chi connectivity index (χ0n) is 14.3. The average molecular weight is 326 g/mol. The lowest BCUT2D eigenvalue weighted by Gasteiger charge is -2.58. The van der Waals surface area contributed by atoms with Gasteiger partial charge in [-0.25, -0.2) is 0 Å². The smallest absolute Gasteiger partial charge is 0.181 e. The molecule has 0 radical (unpaired) electrons. The molecule has 0 aromatic carbocycles. The molecule has 4 rings (SSSR count). The highest BCUT2D eigenvalue weighted by molar-refractivity contribution is 5.85. The second-order valence-electron chi connectivity index (χ2n) is 8.39. The number of ketones is 1. The van der Waals surface area contributed by atoms with E-state index in [4.69, 9.17) is 18.9 Å². The van der Waals surface area contributed by atoms with Gasteiger partial charge in [0.2, 0.25) is 0 Å². The Morgan fingerprint density at radius 2 is 1.74 bits per heavy atom. The molecule has 1 N–H and O–H groups in total. The van der Waals surface area contributed by atoms with Gasteiger partial charge in [0.25, 0.3) is 0 Å². The number of ether oxygens (including phenoxy) is 4. The third kappa shape index (κ3) is 2.02. The van der Waals surface area contributed by atoms with Crippen LogP contribution in [0.25, 0.3) is 0 Å². The van der Waals surface area contributed by atoms with Gasteiger partial charge >= 0.3 is 0 Å². The standard InChI is InChI=1S/C17H26O6/c1-14(2)22-12-9-15(3)10(7-16(12,4)23-14)13(19)11(18)8-17(15)20-5-6-21-17/h10,12-13,19H,5-9H2,1-4H3/t10-,12-,13-,15-,16+/m0/s1. The zero-order valence-corrected chi connectivity index (χ0v) is 14.3. The van der Waals surface area contributed by atoms with Crippen molar-refractivity contribution in [3.05, 3.63) is 0 Å². The molecule has 2 heterocycles. The van der Waals surface area contributed by atoms with Crippen LogP contribution in [-0.4, -0.2) is 53.5 Å². The summed E-state index contributed by atoms with van der Waals surface area (Å²) in [6.45, 7) is 8.85. The number of fused-ring (bicyclic) bond motifs is 3. The number of aliphatic hydroxyl groups is 1. The van der Waals surface area contributed by atoms with Gasteiger partial charge in [-0.15, -0.1) is 0 Å². The van der Waals surface area contributed by atoms with Crippen molar-refractivity contribution in [1.82, 2.24) is 0 Å². The fourth-order valence-electron chi connectivity index (χ4n) is 5.29. The van der Waals surface area contributed by atoms with Gasteiger partial charge < -0.3 is 24.1 Å². The Labute approximate surface area is 136 Å². The largest absolute Gasteiger partial charge is 0.385 e. The van der Waals surface area contributed by atoms with Gasteiger partial charge in [-0.05, 0) is 33.6 Å². The first kappa shape index (κ1) is 16.0. The first-order valence-corrected chi connectivity index (χ1v) is 8.48. The van der Waals surface area contributed by atoms with Crippen molar-refractivity contribution in [1.29, 1.82) is 0 Å². The number of Topliss-reactive ketones (excluding diaryl/α,β-unsaturated/α-hetero) is 1. The second kappa shape index (κ2) is 4.55. The Hall–Kier alpha value is -0.530. The van der Waals surface area contributed by atoms with E-state index in [0.717, 1.165) is 0 Å². The number of hydrogen-bond acceptors (Lipinski definition) is 6. The number of aliphatic hydroxyl groups excluding tert-OH is 1. The quantitative estimate of drug-likeness (QED) is 0.725. The summed E-state index contributed by atoms with van der Waals surface area (Å²) in [6.07, 6.45) is 0.197. The highest BCUT2D eigenvalue weighted by Crippen LogP contribution is 2.62. The highest BCUT2D eigenvalue weighted by atomic mass is 16.8. The van der Waals surface area contributed by atoms with Crippen LogP contribution in [0.3, 0.4) is 0 Å². The molecule has 0 bridgehead atoms. The minimum atomic E-state index is -0.997. The summed E-state index contributed by atoms with van der Waals surface area (Å²) in [4.78, 5) is 12.4. The summed E-state index contributed by atoms with van der Waals surface area (Å²) >= 11 is 0. The SMILES string of the molecule is CC1(C)O[C@H]2C[C@@]3(C)[C@@H](C[C@@]2(C)O1)[C@H](O)C(=O)CC31OCCO1. The third-order valence-corrected chi connectivity index (χ3v) is 6.38. The van der Waals surface area contributed by atoms with E-state index in [0.29, 0.717) is 26.1 Å². The summed E-state index contributed by atoms with van der Waals surface area (Å²) in [7, 11) is 0. The van der Waals surface area contributed by atoms with Gasteiger partial charge in [-0.2, -0.15) is 0 Å². The lowest BCUT2D eigenvalue weighted by atomic mass is 9.52. The van der Waals surface area contributed by atoms with Crippen LogP contribution in [0.1, 0.15) is 47.0 Å². The first-order valence-electron chi connectivity index (χ1n) is 8.48. The molecule has 1 spiro atoms. The maximum atomic E-state index is 12.4. The lowest BCUT2D eigenvalue weighted by molar-refractivity contribution is -0.294. The molecule has 23 heavy (non-hydrogen) atoms. The van der Waals surface area contributed by atoms with Gasteiger partial charge in [0.05, 0.1) is 31.3 Å². The topological polar surface area (TPSA) is 74.2 Å². The van der Waals surface area contributed by atoms with E-state index in [2.05, 4.69) is 6.92 Å². The minimum absolute atomic E-state index is 0.106. The lowest BCUT2D eigenvalue weighted by Crippen LogP contribution is -2.67. The van der Waals surface area contributed by atoms with Crippen LogP contribution in [0.4, 0.5) is 0 Å². The molecular weight excluding hydrogens is 300 g/mol. The molecule has 0 aromatic rings. The van der Waals surface area contributed by atoms with Crippen molar-refractivity contribution in [3.63, 3.8) is 0 Å². The molecule has 0 amide bonds. The van der Waals surface area contributed by atoms with Crippen molar-refractivity contribution < 1.29 is 28.8 Å². The monoisotopic (exact) mass is 326 g/mol. The summed E-state index contributed by atoms with van der Waals surface area (Å²) in [5.41, 5.74) is -0.989. The normalized spacial score (nSPS) is 50.8. The van der Waals surface area contributed by atoms with E-state index in [-0.39, 0.29) is 24.2 Å². The summed E-state index contributed by atoms with van der Waals surface area (Å²) in [6, 6.07) is 0. The Morgan fingerprint density at radius 1 is 1.09 bits per heavy atom. The molecule has 2 aliphatic carbocycles. The Kier molecular flexibility index (Phi) is 3.16. The fraction of sp³-hybridized carbons (Fsp3) is 0.941. The van der Waals surface area contributed by atoms with E-state index >= 15 is 0 Å². The van der Waals surface area contributed by atoms with Crippen molar-refractivity contribution in [2.24, 2.45) is 11.3 Å². The summed E-state index contributed by atoms with van der Waals surface area (Å²) < 4.78 is 24.2. The molecule has 4 fully saturated rings. The molecule has 2 saturated heterocycles. The molecule has 2 saturated carbocycles. The van der Waals surface area contributed by atoms with Crippen molar-refractivity contribution in [3.8, 4) is 0 Å². The third-order valence-electron chi connectivity index (χ3n) is 6.38. The zero-order chi connectivity index (χ0) is 16.7. The predicted octanol–water partition coefficient (Wildman–Crippen LogP) is 1.39. The van der Waals surface area contributed by atoms with Gasteiger partial charge in [-0.1, -0.05) is 6.92 Å². The van der Waals surface area contributed by atoms with E-state index in [1.54, 1.807) is 0 Å². The average Bonchev–Trinajstić information content (AvgIpc) is 2.98. The Balaban J connectivity index is 1.76. The molecule has 6 heteroatoms. The minimum Gasteiger partial charge on any atom is -0.385 e. The number of carbonyl (C=O) groups is 1. The molecule has 0 aromatic heterocycles. The van der Waals surface area contributed by atoms with Crippen molar-refractivity contribution in [2.75, 3.05) is 13.2 Å². The second-order valence-corrected chi connectivity index (χ2v) is 8.39. The molecule has 2 aliphatic heterocycles. The van der Waals surface area contributed by atoms with Crippen LogP contribution in [0, 0.1) is 11.3 Å². The molecule has 130 valence electrons. The maximum Gasteiger partial charge on any atom is 0.181 e. The predicted molar refractivity (Wildman–Crippen MR) is 79.5 cm³/mol. The number of carbonyl (C=O) groups excluding carboxylic acids is 1. The Morgan fingerprint density at radius 3 is 2.39 bits per heavy atom. The molecule has 5 atom stereocenters. The van der Waals surface area contributed by atoms with Crippen LogP contribution < -0.4 is 0 Å². The van der Waals surface area contributed by atoms with Crippen LogP contribution in [0.2, 0.25) is 0 Å². The fourth-order valence-corrected chi connectivity index (χ4v) is 5.29. The molecule has 0 unspecified atom stereocenters. The van der Waals surface area contributed by atoms with Crippen LogP contribution in [0.15, 0.2) is 0 Å². The van der Waals surface area contributed by atoms with Crippen LogP contribution in [-0.2, 0) is 23.7 Å². The van der Waals surface area contributed by atoms with Crippen molar-refractivity contribution in [2.45, 2.75) is 76.3 Å². The van der Waals surface area contributed by atoms with Gasteiger partial charge in [0.1, 0.15) is 6.10 Å². The molecule has 6 nitrogen and oxygen atoms in total. The summed E-state index contributed by atoms with van der Waals surface area (Å²) in [5.74, 6) is -2.07. The van der Waals surface area contributed by atoms with Crippen LogP contribution in [0.5, 0.6) is 0 Å². The summed E-state index contributed by atoms with van der Waals surface area (Å²) in [5, 5.41) is 10.6. The molecular formula is C17H26O6. The number of hydrogen-bond donors (Lipinski definition) is 1. The molecule has 4 aliphatic rings. The van der Waals surface area contributed by atoms with E-state index in [1.165, 1.54) is 0 Å². The Bertz CT molecular complexity index is 539. The van der Waals surface area contributed by atoms with Gasteiger partial charge in [0, 0.05) is 11.3 Å².